The molecule has 7 nitrogen and oxygen atoms in total. The quantitative estimate of drug-likeness (QED) is 0.324. The molecule has 0 N–H and O–H groups in total. The number of rotatable bonds is 9. The third-order valence-electron chi connectivity index (χ3n) is 6.51. The van der Waals surface area contributed by atoms with Crippen LogP contribution in [0.3, 0.4) is 0 Å². The van der Waals surface area contributed by atoms with E-state index in [2.05, 4.69) is 9.80 Å². The number of piperazine rings is 1. The fraction of sp³-hybridized carbons (Fsp3) is 0.444. The van der Waals surface area contributed by atoms with E-state index in [1.807, 2.05) is 41.3 Å². The predicted molar refractivity (Wildman–Crippen MR) is 131 cm³/mol. The van der Waals surface area contributed by atoms with E-state index in [0.29, 0.717) is 31.8 Å². The SMILES string of the molecule is N#CC(=O)c1ccc(CN2CCN(c3ccc(OCCCN4CCCCC4)cc3)C(=O)C2)cc1. The highest BCUT2D eigenvalue weighted by Gasteiger charge is 2.25. The molecule has 2 aliphatic rings. The lowest BCUT2D eigenvalue weighted by Crippen LogP contribution is -2.50. The van der Waals surface area contributed by atoms with Gasteiger partial charge in [-0.2, -0.15) is 5.26 Å². The summed E-state index contributed by atoms with van der Waals surface area (Å²) in [6, 6.07) is 16.4. The van der Waals surface area contributed by atoms with E-state index in [4.69, 9.17) is 10.00 Å². The van der Waals surface area contributed by atoms with Crippen LogP contribution in [-0.4, -0.2) is 67.4 Å². The second-order valence-electron chi connectivity index (χ2n) is 8.99. The molecule has 34 heavy (non-hydrogen) atoms. The third-order valence-corrected chi connectivity index (χ3v) is 6.51. The molecular weight excluding hydrogens is 428 g/mol. The normalized spacial score (nSPS) is 17.4. The fourth-order valence-corrected chi connectivity index (χ4v) is 4.60. The summed E-state index contributed by atoms with van der Waals surface area (Å²) in [6.45, 7) is 6.59. The molecule has 178 valence electrons. The van der Waals surface area contributed by atoms with Crippen LogP contribution in [-0.2, 0) is 11.3 Å². The van der Waals surface area contributed by atoms with Gasteiger partial charge in [0.05, 0.1) is 13.2 Å². The maximum Gasteiger partial charge on any atom is 0.262 e. The minimum Gasteiger partial charge on any atom is -0.494 e. The Hall–Kier alpha value is -3.21. The van der Waals surface area contributed by atoms with Crippen LogP contribution in [0.15, 0.2) is 48.5 Å². The van der Waals surface area contributed by atoms with E-state index in [0.717, 1.165) is 36.5 Å². The molecule has 2 saturated heterocycles. The summed E-state index contributed by atoms with van der Waals surface area (Å²) in [7, 11) is 0. The van der Waals surface area contributed by atoms with Gasteiger partial charge in [-0.15, -0.1) is 0 Å². The molecule has 0 bridgehead atoms. The molecule has 0 atom stereocenters. The topological polar surface area (TPSA) is 76.9 Å². The summed E-state index contributed by atoms with van der Waals surface area (Å²) in [5.74, 6) is 0.369. The summed E-state index contributed by atoms with van der Waals surface area (Å²) >= 11 is 0. The van der Waals surface area contributed by atoms with Gasteiger partial charge in [-0.25, -0.2) is 0 Å². The monoisotopic (exact) mass is 460 g/mol. The van der Waals surface area contributed by atoms with Crippen molar-refractivity contribution in [2.24, 2.45) is 0 Å². The van der Waals surface area contributed by atoms with Crippen molar-refractivity contribution in [2.75, 3.05) is 50.8 Å². The Balaban J connectivity index is 1.22. The number of carbonyl (C=O) groups excluding carboxylic acids is 2. The number of ketones is 1. The molecule has 4 rings (SSSR count). The minimum absolute atomic E-state index is 0.0673. The van der Waals surface area contributed by atoms with E-state index in [1.165, 1.54) is 32.4 Å². The lowest BCUT2D eigenvalue weighted by atomic mass is 10.1. The molecule has 0 radical (unpaired) electrons. The number of nitriles is 1. The molecule has 2 aromatic rings. The largest absolute Gasteiger partial charge is 0.494 e. The average molecular weight is 461 g/mol. The molecule has 2 aliphatic heterocycles. The number of amides is 1. The molecule has 1 amide bonds. The molecule has 0 aromatic heterocycles. The predicted octanol–water partition coefficient (Wildman–Crippen LogP) is 3.50. The van der Waals surface area contributed by atoms with Crippen LogP contribution in [0.2, 0.25) is 0 Å². The van der Waals surface area contributed by atoms with Gasteiger partial charge in [-0.3, -0.25) is 14.5 Å². The fourth-order valence-electron chi connectivity index (χ4n) is 4.60. The number of Topliss-reactive ketones (excluding diaryl/α,β-unsaturated/α-hetero) is 1. The first-order valence-corrected chi connectivity index (χ1v) is 12.1. The van der Waals surface area contributed by atoms with Gasteiger partial charge >= 0.3 is 0 Å². The van der Waals surface area contributed by atoms with Crippen LogP contribution in [0.5, 0.6) is 5.75 Å². The van der Waals surface area contributed by atoms with E-state index in [9.17, 15) is 9.59 Å². The van der Waals surface area contributed by atoms with Gasteiger partial charge in [-0.05, 0) is 74.3 Å². The van der Waals surface area contributed by atoms with E-state index >= 15 is 0 Å². The van der Waals surface area contributed by atoms with Crippen LogP contribution >= 0.6 is 0 Å². The Bertz CT molecular complexity index is 1010. The van der Waals surface area contributed by atoms with E-state index in [-0.39, 0.29) is 5.91 Å². The number of piperidine rings is 1. The van der Waals surface area contributed by atoms with Crippen molar-refractivity contribution < 1.29 is 14.3 Å². The van der Waals surface area contributed by atoms with E-state index in [1.54, 1.807) is 18.2 Å². The highest BCUT2D eigenvalue weighted by molar-refractivity contribution is 6.07. The molecule has 0 spiro atoms. The second-order valence-corrected chi connectivity index (χ2v) is 8.99. The number of ether oxygens (including phenoxy) is 1. The molecule has 7 heteroatoms. The number of anilines is 1. The van der Waals surface area contributed by atoms with Gasteiger partial charge < -0.3 is 14.5 Å². The summed E-state index contributed by atoms with van der Waals surface area (Å²) in [5.41, 5.74) is 2.30. The zero-order chi connectivity index (χ0) is 23.8. The van der Waals surface area contributed by atoms with Crippen molar-refractivity contribution in [3.63, 3.8) is 0 Å². The van der Waals surface area contributed by atoms with Crippen molar-refractivity contribution in [3.8, 4) is 11.8 Å². The molecule has 0 unspecified atom stereocenters. The number of hydrogen-bond donors (Lipinski definition) is 0. The first-order valence-electron chi connectivity index (χ1n) is 12.1. The zero-order valence-electron chi connectivity index (χ0n) is 19.6. The maximum atomic E-state index is 12.8. The van der Waals surface area contributed by atoms with E-state index < -0.39 is 5.78 Å². The van der Waals surface area contributed by atoms with Crippen molar-refractivity contribution in [3.05, 3.63) is 59.7 Å². The number of benzene rings is 2. The smallest absolute Gasteiger partial charge is 0.262 e. The Morgan fingerprint density at radius 3 is 2.32 bits per heavy atom. The Kier molecular flexibility index (Phi) is 8.29. The average Bonchev–Trinajstić information content (AvgIpc) is 2.88. The molecule has 0 aliphatic carbocycles. The molecule has 2 heterocycles. The first-order chi connectivity index (χ1) is 16.6. The number of hydrogen-bond acceptors (Lipinski definition) is 6. The van der Waals surface area contributed by atoms with Gasteiger partial charge in [-0.1, -0.05) is 18.6 Å². The van der Waals surface area contributed by atoms with Gasteiger partial charge in [0.25, 0.3) is 5.78 Å². The van der Waals surface area contributed by atoms with Gasteiger partial charge in [0.2, 0.25) is 5.91 Å². The highest BCUT2D eigenvalue weighted by atomic mass is 16.5. The summed E-state index contributed by atoms with van der Waals surface area (Å²) in [4.78, 5) is 30.7. The molecule has 2 aromatic carbocycles. The third kappa shape index (κ3) is 6.43. The molecule has 0 saturated carbocycles. The summed E-state index contributed by atoms with van der Waals surface area (Å²) in [5, 5.41) is 8.72. The van der Waals surface area contributed by atoms with Crippen molar-refractivity contribution in [1.82, 2.24) is 9.80 Å². The van der Waals surface area contributed by atoms with Crippen molar-refractivity contribution >= 4 is 17.4 Å². The van der Waals surface area contributed by atoms with Gasteiger partial charge in [0.1, 0.15) is 11.8 Å². The number of likely N-dealkylation sites (tertiary alicyclic amines) is 1. The minimum atomic E-state index is -0.538. The molecule has 2 fully saturated rings. The van der Waals surface area contributed by atoms with Crippen LogP contribution in [0.4, 0.5) is 5.69 Å². The summed E-state index contributed by atoms with van der Waals surface area (Å²) < 4.78 is 5.90. The van der Waals surface area contributed by atoms with Crippen molar-refractivity contribution in [2.45, 2.75) is 32.2 Å². The Morgan fingerprint density at radius 1 is 0.912 bits per heavy atom. The zero-order valence-corrected chi connectivity index (χ0v) is 19.6. The van der Waals surface area contributed by atoms with Gasteiger partial charge in [0.15, 0.2) is 0 Å². The van der Waals surface area contributed by atoms with Gasteiger partial charge in [0, 0.05) is 37.4 Å². The Morgan fingerprint density at radius 2 is 1.65 bits per heavy atom. The Labute approximate surface area is 201 Å². The second kappa shape index (κ2) is 11.8. The van der Waals surface area contributed by atoms with Crippen LogP contribution in [0.1, 0.15) is 41.6 Å². The number of carbonyl (C=O) groups is 2. The lowest BCUT2D eigenvalue weighted by Gasteiger charge is -2.34. The van der Waals surface area contributed by atoms with Crippen LogP contribution in [0, 0.1) is 11.3 Å². The van der Waals surface area contributed by atoms with Crippen LogP contribution in [0.25, 0.3) is 0 Å². The standard InChI is InChI=1S/C27H32N4O3/c28-19-26(32)23-7-5-22(6-8-23)20-30-16-17-31(27(33)21-30)24-9-11-25(12-10-24)34-18-4-15-29-13-2-1-3-14-29/h5-12H,1-4,13-18,20-21H2. The van der Waals surface area contributed by atoms with Crippen LogP contribution < -0.4 is 9.64 Å². The van der Waals surface area contributed by atoms with Crippen molar-refractivity contribution in [1.29, 1.82) is 5.26 Å². The number of nitrogens with zero attached hydrogens (tertiary/aromatic N) is 4. The maximum absolute atomic E-state index is 12.8. The first kappa shape index (κ1) is 23.9. The molecular formula is C27H32N4O3. The lowest BCUT2D eigenvalue weighted by molar-refractivity contribution is -0.121. The summed E-state index contributed by atoms with van der Waals surface area (Å²) in [6.07, 6.45) is 5.01. The highest BCUT2D eigenvalue weighted by Crippen LogP contribution is 2.22.